The Morgan fingerprint density at radius 3 is 2.36 bits per heavy atom. The van der Waals surface area contributed by atoms with Crippen molar-refractivity contribution in [1.29, 1.82) is 0 Å². The third kappa shape index (κ3) is 6.52. The van der Waals surface area contributed by atoms with E-state index in [1.165, 1.54) is 0 Å². The molecular weight excluding hydrogens is 297 g/mol. The number of nitrogens with one attached hydrogen (secondary N) is 1. The largest absolute Gasteiger partial charge is 0.390 e. The highest BCUT2D eigenvalue weighted by atomic mass is 19.4. The van der Waals surface area contributed by atoms with Gasteiger partial charge in [-0.25, -0.2) is 0 Å². The zero-order chi connectivity index (χ0) is 16.0. The molecule has 0 atom stereocenters. The predicted octanol–water partition coefficient (Wildman–Crippen LogP) is 2.34. The van der Waals surface area contributed by atoms with E-state index in [2.05, 4.69) is 5.32 Å². The van der Waals surface area contributed by atoms with Gasteiger partial charge < -0.3 is 15.0 Å². The van der Waals surface area contributed by atoms with E-state index in [0.29, 0.717) is 38.6 Å². The average Bonchev–Trinajstić information content (AvgIpc) is 2.47. The molecule has 0 saturated carbocycles. The number of carbonyl (C=O) groups excluding carboxylic acids is 1. The number of hydrogen-bond acceptors (Lipinski definition) is 3. The van der Waals surface area contributed by atoms with E-state index in [1.807, 2.05) is 4.90 Å². The molecule has 7 heteroatoms. The summed E-state index contributed by atoms with van der Waals surface area (Å²) in [5, 5.41) is 3.04. The van der Waals surface area contributed by atoms with Crippen LogP contribution in [0.5, 0.6) is 0 Å². The molecule has 0 bridgehead atoms. The lowest BCUT2D eigenvalue weighted by Crippen LogP contribution is -2.41. The topological polar surface area (TPSA) is 41.6 Å². The Morgan fingerprint density at radius 1 is 1.14 bits per heavy atom. The Hall–Kier alpha value is -0.820. The van der Waals surface area contributed by atoms with Crippen molar-refractivity contribution in [1.82, 2.24) is 10.2 Å². The fourth-order valence-corrected chi connectivity index (χ4v) is 3.09. The first-order valence-electron chi connectivity index (χ1n) is 8.08. The number of carbonyl (C=O) groups is 1. The van der Waals surface area contributed by atoms with Gasteiger partial charge in [0.2, 0.25) is 5.91 Å². The van der Waals surface area contributed by atoms with Crippen LogP contribution >= 0.6 is 0 Å². The van der Waals surface area contributed by atoms with E-state index in [1.54, 1.807) is 0 Å². The summed E-state index contributed by atoms with van der Waals surface area (Å²) in [4.78, 5) is 13.9. The summed E-state index contributed by atoms with van der Waals surface area (Å²) in [6, 6.07) is 0.216. The molecule has 1 amide bonds. The highest BCUT2D eigenvalue weighted by Gasteiger charge is 2.29. The zero-order valence-corrected chi connectivity index (χ0v) is 12.8. The van der Waals surface area contributed by atoms with Crippen LogP contribution in [0.15, 0.2) is 0 Å². The Kier molecular flexibility index (Phi) is 6.50. The van der Waals surface area contributed by atoms with Crippen LogP contribution in [0.3, 0.4) is 0 Å². The molecule has 1 N–H and O–H groups in total. The highest BCUT2D eigenvalue weighted by Crippen LogP contribution is 2.24. The number of alkyl halides is 3. The van der Waals surface area contributed by atoms with Crippen molar-refractivity contribution in [2.75, 3.05) is 32.8 Å². The van der Waals surface area contributed by atoms with Crippen LogP contribution in [0.4, 0.5) is 13.2 Å². The minimum Gasteiger partial charge on any atom is -0.381 e. The van der Waals surface area contributed by atoms with Gasteiger partial charge in [-0.05, 0) is 44.7 Å². The molecule has 2 saturated heterocycles. The lowest BCUT2D eigenvalue weighted by molar-refractivity contribution is -0.138. The monoisotopic (exact) mass is 322 g/mol. The number of rotatable bonds is 5. The van der Waals surface area contributed by atoms with Crippen molar-refractivity contribution >= 4 is 5.91 Å². The van der Waals surface area contributed by atoms with Gasteiger partial charge in [-0.3, -0.25) is 4.79 Å². The normalized spacial score (nSPS) is 22.7. The minimum atomic E-state index is -4.08. The van der Waals surface area contributed by atoms with Crippen molar-refractivity contribution in [3.05, 3.63) is 0 Å². The van der Waals surface area contributed by atoms with E-state index >= 15 is 0 Å². The molecule has 0 aromatic heterocycles. The van der Waals surface area contributed by atoms with Crippen LogP contribution in [0, 0.1) is 5.92 Å². The van der Waals surface area contributed by atoms with Gasteiger partial charge in [0.1, 0.15) is 0 Å². The molecule has 0 aliphatic carbocycles. The number of halogens is 3. The molecule has 4 nitrogen and oxygen atoms in total. The number of piperidine rings is 1. The van der Waals surface area contributed by atoms with Gasteiger partial charge in [0, 0.05) is 32.2 Å². The molecule has 2 aliphatic heterocycles. The molecule has 22 heavy (non-hydrogen) atoms. The summed E-state index contributed by atoms with van der Waals surface area (Å²) >= 11 is 0. The first-order chi connectivity index (χ1) is 10.4. The van der Waals surface area contributed by atoms with Crippen LogP contribution in [0.25, 0.3) is 0 Å². The third-order valence-electron chi connectivity index (χ3n) is 4.48. The van der Waals surface area contributed by atoms with Crippen molar-refractivity contribution in [3.8, 4) is 0 Å². The van der Waals surface area contributed by atoms with Gasteiger partial charge in [-0.15, -0.1) is 0 Å². The summed E-state index contributed by atoms with van der Waals surface area (Å²) in [6.45, 7) is 2.78. The quantitative estimate of drug-likeness (QED) is 0.845. The molecular formula is C15H25F3N2O2. The van der Waals surface area contributed by atoms with Crippen LogP contribution in [-0.2, 0) is 9.53 Å². The van der Waals surface area contributed by atoms with Gasteiger partial charge in [0.25, 0.3) is 0 Å². The Balaban J connectivity index is 1.61. The summed E-state index contributed by atoms with van der Waals surface area (Å²) in [6.07, 6.45) is -1.01. The lowest BCUT2D eigenvalue weighted by atomic mass is 9.93. The lowest BCUT2D eigenvalue weighted by Gasteiger charge is -2.32. The predicted molar refractivity (Wildman–Crippen MR) is 76.4 cm³/mol. The standard InChI is InChI=1S/C15H25F3N2O2/c16-15(17,18)5-8-20-6-1-12(2-7-20)11-14(21)19-13-3-9-22-10-4-13/h12-13H,1-11H2,(H,19,21). The van der Waals surface area contributed by atoms with Crippen molar-refractivity contribution < 1.29 is 22.7 Å². The first-order valence-corrected chi connectivity index (χ1v) is 8.08. The van der Waals surface area contributed by atoms with Crippen molar-refractivity contribution in [2.45, 2.75) is 50.7 Å². The fraction of sp³-hybridized carbons (Fsp3) is 0.933. The Labute approximate surface area is 129 Å². The summed E-state index contributed by atoms with van der Waals surface area (Å²) in [5.74, 6) is 0.364. The number of nitrogens with zero attached hydrogens (tertiary/aromatic N) is 1. The number of amides is 1. The maximum atomic E-state index is 12.2. The second kappa shape index (κ2) is 8.15. The van der Waals surface area contributed by atoms with Gasteiger partial charge in [0.15, 0.2) is 0 Å². The number of hydrogen-bond donors (Lipinski definition) is 1. The Morgan fingerprint density at radius 2 is 1.77 bits per heavy atom. The highest BCUT2D eigenvalue weighted by molar-refractivity contribution is 5.76. The molecule has 0 aromatic rings. The summed E-state index contributed by atoms with van der Waals surface area (Å²) in [5.41, 5.74) is 0. The minimum absolute atomic E-state index is 0.0700. The van der Waals surface area contributed by atoms with E-state index in [0.717, 1.165) is 25.7 Å². The van der Waals surface area contributed by atoms with Crippen molar-refractivity contribution in [2.24, 2.45) is 5.92 Å². The first kappa shape index (κ1) is 17.5. The maximum Gasteiger partial charge on any atom is 0.390 e. The molecule has 0 radical (unpaired) electrons. The average molecular weight is 322 g/mol. The molecule has 128 valence electrons. The molecule has 0 aromatic carbocycles. The van der Waals surface area contributed by atoms with E-state index in [-0.39, 0.29) is 18.5 Å². The molecule has 0 spiro atoms. The van der Waals surface area contributed by atoms with E-state index < -0.39 is 12.6 Å². The molecule has 2 aliphatic rings. The van der Waals surface area contributed by atoms with Crippen LogP contribution < -0.4 is 5.32 Å². The van der Waals surface area contributed by atoms with Crippen LogP contribution in [0.1, 0.15) is 38.5 Å². The Bertz CT molecular complexity index is 349. The summed E-state index contributed by atoms with van der Waals surface area (Å²) < 4.78 is 41.8. The molecule has 0 unspecified atom stereocenters. The van der Waals surface area contributed by atoms with Gasteiger partial charge in [-0.1, -0.05) is 0 Å². The smallest absolute Gasteiger partial charge is 0.381 e. The third-order valence-corrected chi connectivity index (χ3v) is 4.48. The van der Waals surface area contributed by atoms with Gasteiger partial charge in [0.05, 0.1) is 6.42 Å². The van der Waals surface area contributed by atoms with Gasteiger partial charge in [-0.2, -0.15) is 13.2 Å². The molecule has 2 fully saturated rings. The molecule has 2 heterocycles. The second-order valence-corrected chi connectivity index (χ2v) is 6.31. The summed E-state index contributed by atoms with van der Waals surface area (Å²) in [7, 11) is 0. The van der Waals surface area contributed by atoms with Crippen molar-refractivity contribution in [3.63, 3.8) is 0 Å². The fourth-order valence-electron chi connectivity index (χ4n) is 3.09. The van der Waals surface area contributed by atoms with Gasteiger partial charge >= 0.3 is 6.18 Å². The number of likely N-dealkylation sites (tertiary alicyclic amines) is 1. The molecule has 2 rings (SSSR count). The SMILES string of the molecule is O=C(CC1CCN(CCC(F)(F)F)CC1)NC1CCOCC1. The zero-order valence-electron chi connectivity index (χ0n) is 12.8. The van der Waals surface area contributed by atoms with E-state index in [9.17, 15) is 18.0 Å². The van der Waals surface area contributed by atoms with Crippen LogP contribution in [0.2, 0.25) is 0 Å². The maximum absolute atomic E-state index is 12.2. The number of ether oxygens (including phenoxy) is 1. The van der Waals surface area contributed by atoms with Crippen LogP contribution in [-0.4, -0.2) is 55.9 Å². The van der Waals surface area contributed by atoms with E-state index in [4.69, 9.17) is 4.74 Å². The second-order valence-electron chi connectivity index (χ2n) is 6.31.